The molecule has 0 heterocycles. The second kappa shape index (κ2) is 11.0. The predicted molar refractivity (Wildman–Crippen MR) is 81.5 cm³/mol. The second-order valence-corrected chi connectivity index (χ2v) is 6.43. The van der Waals surface area contributed by atoms with Gasteiger partial charge < -0.3 is 0 Å². The van der Waals surface area contributed by atoms with Gasteiger partial charge in [0.05, 0.1) is 18.1 Å². The Balaban J connectivity index is 3.88. The van der Waals surface area contributed by atoms with Gasteiger partial charge in [-0.1, -0.05) is 33.6 Å². The first-order chi connectivity index (χ1) is 9.86. The summed E-state index contributed by atoms with van der Waals surface area (Å²) in [4.78, 5) is 26.2. The molecular formula is C16H32O5. The molecule has 0 aliphatic heterocycles. The Hall–Kier alpha value is -0.650. The van der Waals surface area contributed by atoms with Crippen LogP contribution < -0.4 is 0 Å². The van der Waals surface area contributed by atoms with E-state index in [1.54, 1.807) is 0 Å². The van der Waals surface area contributed by atoms with Gasteiger partial charge in [0.25, 0.3) is 0 Å². The van der Waals surface area contributed by atoms with E-state index in [1.165, 1.54) is 0 Å². The van der Waals surface area contributed by atoms with Gasteiger partial charge in [0.1, 0.15) is 0 Å². The third-order valence-electron chi connectivity index (χ3n) is 3.71. The van der Waals surface area contributed by atoms with Gasteiger partial charge in [0, 0.05) is 0 Å². The zero-order valence-electron chi connectivity index (χ0n) is 14.2. The summed E-state index contributed by atoms with van der Waals surface area (Å²) < 4.78 is 0. The number of carbonyl (C=O) groups excluding carboxylic acids is 1. The fourth-order valence-electron chi connectivity index (χ4n) is 1.94. The van der Waals surface area contributed by atoms with Gasteiger partial charge in [-0.3, -0.25) is 10.1 Å². The summed E-state index contributed by atoms with van der Waals surface area (Å²) in [7, 11) is 0. The van der Waals surface area contributed by atoms with Crippen molar-refractivity contribution in [1.82, 2.24) is 0 Å². The van der Waals surface area contributed by atoms with Crippen LogP contribution in [0.25, 0.3) is 0 Å². The zero-order valence-corrected chi connectivity index (χ0v) is 14.2. The lowest BCUT2D eigenvalue weighted by Crippen LogP contribution is -2.24. The maximum absolute atomic E-state index is 11.8. The van der Waals surface area contributed by atoms with Crippen LogP contribution in [0.2, 0.25) is 0 Å². The molecule has 2 atom stereocenters. The van der Waals surface area contributed by atoms with E-state index in [0.717, 1.165) is 32.1 Å². The van der Waals surface area contributed by atoms with Crippen LogP contribution in [0, 0.1) is 11.8 Å². The summed E-state index contributed by atoms with van der Waals surface area (Å²) in [5.41, 5.74) is -0.557. The van der Waals surface area contributed by atoms with Crippen molar-refractivity contribution in [3.63, 3.8) is 0 Å². The molecule has 5 heteroatoms. The lowest BCUT2D eigenvalue weighted by Gasteiger charge is -2.22. The number of unbranched alkanes of at least 4 members (excludes halogenated alkanes) is 1. The number of rotatable bonds is 12. The number of carbonyl (C=O) groups is 1. The summed E-state index contributed by atoms with van der Waals surface area (Å²) in [5.74, 6) is -0.109. The minimum atomic E-state index is -0.557. The van der Waals surface area contributed by atoms with Gasteiger partial charge in [-0.15, -0.1) is 0 Å². The third kappa shape index (κ3) is 9.82. The topological polar surface area (TPSA) is 65.0 Å². The van der Waals surface area contributed by atoms with Gasteiger partial charge in [0.2, 0.25) is 0 Å². The van der Waals surface area contributed by atoms with Crippen LogP contribution in [0.5, 0.6) is 0 Å². The first-order valence-corrected chi connectivity index (χ1v) is 8.02. The Morgan fingerprint density at radius 3 is 2.43 bits per heavy atom. The van der Waals surface area contributed by atoms with Crippen LogP contribution >= 0.6 is 0 Å². The van der Waals surface area contributed by atoms with E-state index in [0.29, 0.717) is 13.0 Å². The highest BCUT2D eigenvalue weighted by molar-refractivity contribution is 5.71. The van der Waals surface area contributed by atoms with Crippen molar-refractivity contribution in [1.29, 1.82) is 0 Å². The summed E-state index contributed by atoms with van der Waals surface area (Å²) in [5, 5.41) is 8.71. The Morgan fingerprint density at radius 1 is 1.24 bits per heavy atom. The van der Waals surface area contributed by atoms with Crippen LogP contribution in [0.3, 0.4) is 0 Å². The molecule has 0 aromatic rings. The van der Waals surface area contributed by atoms with E-state index in [1.807, 2.05) is 27.7 Å². The summed E-state index contributed by atoms with van der Waals surface area (Å²) in [6, 6.07) is 0. The van der Waals surface area contributed by atoms with E-state index in [4.69, 9.17) is 15.0 Å². The van der Waals surface area contributed by atoms with Crippen molar-refractivity contribution in [2.45, 2.75) is 78.7 Å². The average molecular weight is 304 g/mol. The normalized spacial score (nSPS) is 14.8. The molecule has 0 spiro atoms. The highest BCUT2D eigenvalue weighted by Crippen LogP contribution is 2.19. The molecule has 0 aromatic heterocycles. The van der Waals surface area contributed by atoms with Gasteiger partial charge in [-0.25, -0.2) is 9.68 Å². The van der Waals surface area contributed by atoms with Crippen molar-refractivity contribution < 1.29 is 24.7 Å². The molecule has 0 aromatic carbocycles. The maximum Gasteiger partial charge on any atom is 0.345 e. The Morgan fingerprint density at radius 2 is 1.90 bits per heavy atom. The molecule has 1 N–H and O–H groups in total. The van der Waals surface area contributed by atoms with Crippen molar-refractivity contribution >= 4 is 5.97 Å². The van der Waals surface area contributed by atoms with E-state index < -0.39 is 5.60 Å². The Kier molecular flexibility index (Phi) is 10.6. The largest absolute Gasteiger partial charge is 0.345 e. The molecule has 0 aliphatic rings. The quantitative estimate of drug-likeness (QED) is 0.428. The lowest BCUT2D eigenvalue weighted by atomic mass is 9.97. The molecule has 5 nitrogen and oxygen atoms in total. The van der Waals surface area contributed by atoms with Gasteiger partial charge in [-0.2, -0.15) is 4.89 Å². The molecule has 126 valence electrons. The van der Waals surface area contributed by atoms with Gasteiger partial charge in [0.15, 0.2) is 0 Å². The molecule has 0 amide bonds. The second-order valence-electron chi connectivity index (χ2n) is 6.43. The minimum Gasteiger partial charge on any atom is -0.298 e. The predicted octanol–water partition coefficient (Wildman–Crippen LogP) is 4.36. The van der Waals surface area contributed by atoms with Crippen LogP contribution in [0.1, 0.15) is 73.1 Å². The van der Waals surface area contributed by atoms with Crippen LogP contribution in [0.15, 0.2) is 0 Å². The average Bonchev–Trinajstić information content (AvgIpc) is 2.46. The first-order valence-electron chi connectivity index (χ1n) is 8.02. The molecule has 0 bridgehead atoms. The SMILES string of the molecule is CCCCC(CC)C(=O)OOCC(C)CCC(C)(C)OO. The van der Waals surface area contributed by atoms with Crippen LogP contribution in [-0.2, 0) is 19.5 Å². The summed E-state index contributed by atoms with van der Waals surface area (Å²) >= 11 is 0. The molecule has 0 aliphatic carbocycles. The van der Waals surface area contributed by atoms with Crippen LogP contribution in [0.4, 0.5) is 0 Å². The summed E-state index contributed by atoms with van der Waals surface area (Å²) in [6.07, 6.45) is 5.26. The van der Waals surface area contributed by atoms with Crippen molar-refractivity contribution in [3.8, 4) is 0 Å². The fourth-order valence-corrected chi connectivity index (χ4v) is 1.94. The molecule has 0 saturated heterocycles. The van der Waals surface area contributed by atoms with Crippen LogP contribution in [-0.4, -0.2) is 23.4 Å². The molecule has 21 heavy (non-hydrogen) atoms. The Bertz CT molecular complexity index is 278. The molecule has 0 fully saturated rings. The third-order valence-corrected chi connectivity index (χ3v) is 3.71. The highest BCUT2D eigenvalue weighted by Gasteiger charge is 2.21. The zero-order chi connectivity index (χ0) is 16.3. The van der Waals surface area contributed by atoms with Gasteiger partial charge >= 0.3 is 5.97 Å². The summed E-state index contributed by atoms with van der Waals surface area (Å²) in [6.45, 7) is 10.1. The fraction of sp³-hybridized carbons (Fsp3) is 0.938. The monoisotopic (exact) mass is 304 g/mol. The molecule has 0 radical (unpaired) electrons. The molecular weight excluding hydrogens is 272 g/mol. The maximum atomic E-state index is 11.8. The van der Waals surface area contributed by atoms with Crippen molar-refractivity contribution in [3.05, 3.63) is 0 Å². The minimum absolute atomic E-state index is 0.0676. The Labute approximate surface area is 128 Å². The van der Waals surface area contributed by atoms with E-state index in [2.05, 4.69) is 11.8 Å². The van der Waals surface area contributed by atoms with E-state index in [9.17, 15) is 4.79 Å². The standard InChI is InChI=1S/C16H32O5/c1-6-8-9-14(7-2)15(17)20-19-12-13(3)10-11-16(4,5)21-18/h13-14,18H,6-12H2,1-5H3. The van der Waals surface area contributed by atoms with Crippen molar-refractivity contribution in [2.75, 3.05) is 6.61 Å². The highest BCUT2D eigenvalue weighted by atomic mass is 17.2. The smallest absolute Gasteiger partial charge is 0.298 e. The molecule has 2 unspecified atom stereocenters. The van der Waals surface area contributed by atoms with Crippen molar-refractivity contribution in [2.24, 2.45) is 11.8 Å². The number of hydrogen-bond acceptors (Lipinski definition) is 5. The lowest BCUT2D eigenvalue weighted by molar-refractivity contribution is -0.315. The molecule has 0 saturated carbocycles. The van der Waals surface area contributed by atoms with E-state index >= 15 is 0 Å². The first kappa shape index (κ1) is 20.3. The van der Waals surface area contributed by atoms with E-state index in [-0.39, 0.29) is 17.8 Å². The molecule has 0 rings (SSSR count). The van der Waals surface area contributed by atoms with Gasteiger partial charge in [-0.05, 0) is 45.4 Å². The number of hydrogen-bond donors (Lipinski definition) is 1.